The smallest absolute Gasteiger partial charge is 0.230 e. The van der Waals surface area contributed by atoms with Crippen LogP contribution in [0.1, 0.15) is 19.6 Å². The number of hydrogen-bond acceptors (Lipinski definition) is 7. The molecule has 152 valence electrons. The Morgan fingerprint density at radius 1 is 1.14 bits per heavy atom. The maximum atomic E-state index is 12.3. The number of hydrogen-bond donors (Lipinski definition) is 1. The van der Waals surface area contributed by atoms with Gasteiger partial charge in [-0.2, -0.15) is 0 Å². The molecule has 7 nitrogen and oxygen atoms in total. The zero-order chi connectivity index (χ0) is 20.2. The van der Waals surface area contributed by atoms with Gasteiger partial charge in [-0.3, -0.25) is 4.79 Å². The van der Waals surface area contributed by atoms with Crippen LogP contribution in [-0.4, -0.2) is 46.9 Å². The molecule has 1 saturated heterocycles. The van der Waals surface area contributed by atoms with Gasteiger partial charge in [0, 0.05) is 13.1 Å². The minimum Gasteiger partial charge on any atom is -0.467 e. The molecule has 2 atom stereocenters. The number of morpholine rings is 1. The molecule has 1 amide bonds. The Morgan fingerprint density at radius 2 is 1.86 bits per heavy atom. The summed E-state index contributed by atoms with van der Waals surface area (Å²) < 4.78 is 11.1. The number of nitrogens with one attached hydrogen (secondary N) is 1. The Labute approximate surface area is 173 Å². The second-order valence-electron chi connectivity index (χ2n) is 7.15. The number of fused-ring (bicyclic) bond motifs is 1. The summed E-state index contributed by atoms with van der Waals surface area (Å²) in [4.78, 5) is 24.2. The van der Waals surface area contributed by atoms with Crippen LogP contribution in [0.15, 0.2) is 52.1 Å². The summed E-state index contributed by atoms with van der Waals surface area (Å²) in [7, 11) is 0. The summed E-state index contributed by atoms with van der Waals surface area (Å²) in [6.07, 6.45) is 1.82. The van der Waals surface area contributed by atoms with Crippen molar-refractivity contribution < 1.29 is 13.9 Å². The number of benzene rings is 1. The number of amides is 1. The summed E-state index contributed by atoms with van der Waals surface area (Å²) in [5, 5.41) is 3.63. The van der Waals surface area contributed by atoms with E-state index in [0.29, 0.717) is 6.54 Å². The van der Waals surface area contributed by atoms with Crippen molar-refractivity contribution in [2.75, 3.05) is 23.7 Å². The van der Waals surface area contributed by atoms with Gasteiger partial charge in [0.25, 0.3) is 0 Å². The third-order valence-corrected chi connectivity index (χ3v) is 5.57. The average Bonchev–Trinajstić information content (AvgIpc) is 3.23. The maximum Gasteiger partial charge on any atom is 0.230 e. The molecule has 0 saturated carbocycles. The van der Waals surface area contributed by atoms with Crippen LogP contribution in [0.5, 0.6) is 0 Å². The van der Waals surface area contributed by atoms with E-state index < -0.39 is 0 Å². The Hall–Kier alpha value is -2.58. The molecule has 4 rings (SSSR count). The largest absolute Gasteiger partial charge is 0.467 e. The molecular weight excluding hydrogens is 388 g/mol. The molecule has 29 heavy (non-hydrogen) atoms. The van der Waals surface area contributed by atoms with Gasteiger partial charge in [-0.05, 0) is 38.1 Å². The SMILES string of the molecule is C[C@@H]1CN(c2nc3ccccc3nc2SCC(=O)NCc2ccco2)C[C@@H](C)O1. The van der Waals surface area contributed by atoms with E-state index in [2.05, 4.69) is 24.1 Å². The first-order valence-corrected chi connectivity index (χ1v) is 10.7. The van der Waals surface area contributed by atoms with Gasteiger partial charge in [0.1, 0.15) is 10.8 Å². The first-order chi connectivity index (χ1) is 14.1. The number of anilines is 1. The van der Waals surface area contributed by atoms with Crippen molar-refractivity contribution in [2.45, 2.75) is 37.6 Å². The second kappa shape index (κ2) is 8.84. The predicted molar refractivity (Wildman–Crippen MR) is 113 cm³/mol. The van der Waals surface area contributed by atoms with Crippen molar-refractivity contribution in [3.8, 4) is 0 Å². The van der Waals surface area contributed by atoms with Gasteiger partial charge in [-0.25, -0.2) is 9.97 Å². The summed E-state index contributed by atoms with van der Waals surface area (Å²) in [6, 6.07) is 11.4. The topological polar surface area (TPSA) is 80.5 Å². The maximum absolute atomic E-state index is 12.3. The standard InChI is InChI=1S/C21H24N4O3S/c1-14-11-25(12-15(2)28-14)20-21(24-18-8-4-3-7-17(18)23-20)29-13-19(26)22-10-16-6-5-9-27-16/h3-9,14-15H,10-13H2,1-2H3,(H,22,26)/t14-,15-/m1/s1. The van der Waals surface area contributed by atoms with Crippen molar-refractivity contribution in [1.29, 1.82) is 0 Å². The molecule has 0 aliphatic carbocycles. The van der Waals surface area contributed by atoms with Gasteiger partial charge < -0.3 is 19.4 Å². The summed E-state index contributed by atoms with van der Waals surface area (Å²) in [5.74, 6) is 1.73. The van der Waals surface area contributed by atoms with E-state index in [4.69, 9.17) is 19.1 Å². The zero-order valence-corrected chi connectivity index (χ0v) is 17.3. The molecule has 0 unspecified atom stereocenters. The van der Waals surface area contributed by atoms with Crippen LogP contribution in [0.4, 0.5) is 5.82 Å². The number of ether oxygens (including phenoxy) is 1. The van der Waals surface area contributed by atoms with E-state index in [0.717, 1.165) is 40.7 Å². The molecule has 0 bridgehead atoms. The zero-order valence-electron chi connectivity index (χ0n) is 16.5. The summed E-state index contributed by atoms with van der Waals surface area (Å²) in [6.45, 7) is 5.99. The highest BCUT2D eigenvalue weighted by Crippen LogP contribution is 2.30. The molecule has 1 N–H and O–H groups in total. The lowest BCUT2D eigenvalue weighted by atomic mass is 10.2. The van der Waals surface area contributed by atoms with Gasteiger partial charge in [0.2, 0.25) is 5.91 Å². The van der Waals surface area contributed by atoms with Crippen LogP contribution in [0.2, 0.25) is 0 Å². The van der Waals surface area contributed by atoms with Gasteiger partial charge in [-0.1, -0.05) is 23.9 Å². The highest BCUT2D eigenvalue weighted by Gasteiger charge is 2.26. The Kier molecular flexibility index (Phi) is 6.01. The van der Waals surface area contributed by atoms with Gasteiger partial charge in [0.05, 0.1) is 41.8 Å². The van der Waals surface area contributed by atoms with Gasteiger partial charge in [-0.15, -0.1) is 0 Å². The van der Waals surface area contributed by atoms with E-state index in [1.807, 2.05) is 30.3 Å². The fourth-order valence-electron chi connectivity index (χ4n) is 3.41. The molecule has 2 aromatic heterocycles. The van der Waals surface area contributed by atoms with Crippen LogP contribution >= 0.6 is 11.8 Å². The number of para-hydroxylation sites is 2. The minimum absolute atomic E-state index is 0.0731. The fourth-order valence-corrected chi connectivity index (χ4v) is 4.25. The molecular formula is C21H24N4O3S. The number of nitrogens with zero attached hydrogens (tertiary/aromatic N) is 3. The fraction of sp³-hybridized carbons (Fsp3) is 0.381. The summed E-state index contributed by atoms with van der Waals surface area (Å²) >= 11 is 1.40. The molecule has 1 aliphatic heterocycles. The molecule has 0 spiro atoms. The third-order valence-electron chi connectivity index (χ3n) is 4.62. The molecule has 1 aliphatic rings. The number of rotatable bonds is 6. The highest BCUT2D eigenvalue weighted by molar-refractivity contribution is 8.00. The molecule has 3 aromatic rings. The monoisotopic (exact) mass is 412 g/mol. The Bertz CT molecular complexity index is 969. The van der Waals surface area contributed by atoms with Gasteiger partial charge in [0.15, 0.2) is 5.82 Å². The number of carbonyl (C=O) groups excluding carboxylic acids is 1. The Morgan fingerprint density at radius 3 is 2.55 bits per heavy atom. The van der Waals surface area contributed by atoms with E-state index in [9.17, 15) is 4.79 Å². The second-order valence-corrected chi connectivity index (χ2v) is 8.11. The lowest BCUT2D eigenvalue weighted by Gasteiger charge is -2.36. The van der Waals surface area contributed by atoms with Crippen molar-refractivity contribution in [1.82, 2.24) is 15.3 Å². The first-order valence-electron chi connectivity index (χ1n) is 9.67. The van der Waals surface area contributed by atoms with Crippen molar-refractivity contribution >= 4 is 34.5 Å². The van der Waals surface area contributed by atoms with E-state index in [1.165, 1.54) is 11.8 Å². The van der Waals surface area contributed by atoms with Crippen molar-refractivity contribution in [3.63, 3.8) is 0 Å². The molecule has 3 heterocycles. The lowest BCUT2D eigenvalue weighted by Crippen LogP contribution is -2.46. The van der Waals surface area contributed by atoms with E-state index in [-0.39, 0.29) is 23.9 Å². The Balaban J connectivity index is 1.52. The minimum atomic E-state index is -0.0731. The van der Waals surface area contributed by atoms with Crippen LogP contribution in [0.3, 0.4) is 0 Å². The van der Waals surface area contributed by atoms with Crippen molar-refractivity contribution in [2.24, 2.45) is 0 Å². The molecule has 0 radical (unpaired) electrons. The van der Waals surface area contributed by atoms with E-state index in [1.54, 1.807) is 12.3 Å². The highest BCUT2D eigenvalue weighted by atomic mass is 32.2. The molecule has 1 aromatic carbocycles. The van der Waals surface area contributed by atoms with Crippen LogP contribution in [0.25, 0.3) is 11.0 Å². The lowest BCUT2D eigenvalue weighted by molar-refractivity contribution is -0.118. The summed E-state index contributed by atoms with van der Waals surface area (Å²) in [5.41, 5.74) is 1.67. The van der Waals surface area contributed by atoms with E-state index >= 15 is 0 Å². The first kappa shape index (κ1) is 19.7. The number of carbonyl (C=O) groups is 1. The number of thioether (sulfide) groups is 1. The third kappa shape index (κ3) is 4.89. The molecule has 1 fully saturated rings. The molecule has 8 heteroatoms. The van der Waals surface area contributed by atoms with Crippen LogP contribution in [-0.2, 0) is 16.1 Å². The van der Waals surface area contributed by atoms with Crippen molar-refractivity contribution in [3.05, 3.63) is 48.4 Å². The van der Waals surface area contributed by atoms with Crippen LogP contribution < -0.4 is 10.2 Å². The van der Waals surface area contributed by atoms with Crippen LogP contribution in [0, 0.1) is 0 Å². The number of aromatic nitrogens is 2. The number of furan rings is 1. The average molecular weight is 413 g/mol. The predicted octanol–water partition coefficient (Wildman–Crippen LogP) is 3.24. The normalized spacial score (nSPS) is 19.4. The van der Waals surface area contributed by atoms with Gasteiger partial charge >= 0.3 is 0 Å². The quantitative estimate of drug-likeness (QED) is 0.623.